The average molecular weight is 353 g/mol. The molecule has 1 aliphatic heterocycles. The van der Waals surface area contributed by atoms with Gasteiger partial charge in [0.05, 0.1) is 6.61 Å². The molecule has 1 aromatic heterocycles. The molecule has 2 aromatic rings. The number of piperazine rings is 1. The Balaban J connectivity index is 1.51. The van der Waals surface area contributed by atoms with E-state index in [4.69, 9.17) is 16.3 Å². The highest BCUT2D eigenvalue weighted by Gasteiger charge is 2.20. The number of halogens is 1. The first kappa shape index (κ1) is 16.6. The maximum absolute atomic E-state index is 6.05. The summed E-state index contributed by atoms with van der Waals surface area (Å²) in [5.74, 6) is 0.883. The molecule has 1 fully saturated rings. The molecular weight excluding hydrogens is 332 g/mol. The van der Waals surface area contributed by atoms with E-state index >= 15 is 0 Å². The molecule has 0 radical (unpaired) electrons. The predicted molar refractivity (Wildman–Crippen MR) is 94.4 cm³/mol. The number of ether oxygens (including phenoxy) is 1. The van der Waals surface area contributed by atoms with Crippen LogP contribution in [0.1, 0.15) is 11.4 Å². The van der Waals surface area contributed by atoms with E-state index in [2.05, 4.69) is 25.2 Å². The van der Waals surface area contributed by atoms with Crippen molar-refractivity contribution in [2.24, 2.45) is 0 Å². The van der Waals surface area contributed by atoms with Crippen molar-refractivity contribution in [3.63, 3.8) is 0 Å². The molecule has 0 N–H and O–H groups in total. The Morgan fingerprint density at radius 2 is 2.09 bits per heavy atom. The molecule has 0 amide bonds. The van der Waals surface area contributed by atoms with Gasteiger partial charge < -0.3 is 9.64 Å². The lowest BCUT2D eigenvalue weighted by atomic mass is 10.2. The maximum Gasteiger partial charge on any atom is 0.205 e. The summed E-state index contributed by atoms with van der Waals surface area (Å²) in [7, 11) is 1.70. The first-order chi connectivity index (χ1) is 11.2. The Labute approximate surface area is 146 Å². The molecule has 23 heavy (non-hydrogen) atoms. The van der Waals surface area contributed by atoms with Crippen LogP contribution in [0, 0.1) is 0 Å². The zero-order valence-electron chi connectivity index (χ0n) is 13.2. The average Bonchev–Trinajstić information content (AvgIpc) is 3.02. The van der Waals surface area contributed by atoms with Gasteiger partial charge in [-0.1, -0.05) is 23.7 Å². The van der Waals surface area contributed by atoms with Crippen LogP contribution in [-0.4, -0.2) is 54.2 Å². The summed E-state index contributed by atoms with van der Waals surface area (Å²) < 4.78 is 9.48. The minimum Gasteiger partial charge on any atom is -0.384 e. The lowest BCUT2D eigenvalue weighted by Gasteiger charge is -2.34. The van der Waals surface area contributed by atoms with Crippen LogP contribution in [0.5, 0.6) is 0 Å². The predicted octanol–water partition coefficient (Wildman–Crippen LogP) is 2.70. The molecule has 1 aliphatic rings. The quantitative estimate of drug-likeness (QED) is 0.799. The number of nitrogens with zero attached hydrogens (tertiary/aromatic N) is 4. The van der Waals surface area contributed by atoms with Gasteiger partial charge in [0.1, 0.15) is 5.82 Å². The lowest BCUT2D eigenvalue weighted by molar-refractivity contribution is 0.201. The van der Waals surface area contributed by atoms with Gasteiger partial charge in [-0.05, 0) is 17.7 Å². The molecule has 0 aliphatic carbocycles. The molecule has 0 spiro atoms. The number of hydrogen-bond donors (Lipinski definition) is 0. The molecule has 3 rings (SSSR count). The van der Waals surface area contributed by atoms with Crippen molar-refractivity contribution in [2.45, 2.75) is 13.0 Å². The number of methoxy groups -OCH3 is 1. The molecular formula is C16H21ClN4OS. The summed E-state index contributed by atoms with van der Waals surface area (Å²) in [6.45, 7) is 5.64. The molecule has 0 unspecified atom stereocenters. The second kappa shape index (κ2) is 8.06. The Hall–Kier alpha value is -1.21. The van der Waals surface area contributed by atoms with Gasteiger partial charge in [0.2, 0.25) is 5.13 Å². The van der Waals surface area contributed by atoms with Crippen LogP contribution >= 0.6 is 23.1 Å². The lowest BCUT2D eigenvalue weighted by Crippen LogP contribution is -2.45. The van der Waals surface area contributed by atoms with Crippen molar-refractivity contribution in [1.29, 1.82) is 0 Å². The third-order valence-electron chi connectivity index (χ3n) is 3.93. The normalized spacial score (nSPS) is 16.0. The highest BCUT2D eigenvalue weighted by Crippen LogP contribution is 2.20. The van der Waals surface area contributed by atoms with E-state index in [9.17, 15) is 0 Å². The summed E-state index contributed by atoms with van der Waals surface area (Å²) in [4.78, 5) is 9.38. The van der Waals surface area contributed by atoms with Crippen molar-refractivity contribution in [2.75, 3.05) is 44.8 Å². The second-order valence-corrected chi connectivity index (χ2v) is 6.80. The Bertz CT molecular complexity index is 628. The van der Waals surface area contributed by atoms with Crippen LogP contribution < -0.4 is 4.90 Å². The first-order valence-corrected chi connectivity index (χ1v) is 8.93. The summed E-state index contributed by atoms with van der Waals surface area (Å²) in [6, 6.07) is 8.10. The molecule has 1 saturated heterocycles. The highest BCUT2D eigenvalue weighted by atomic mass is 35.5. The SMILES string of the molecule is COCCc1nsc(N2CCN(Cc3cccc(Cl)c3)CC2)n1. The Morgan fingerprint density at radius 3 is 2.83 bits per heavy atom. The first-order valence-electron chi connectivity index (χ1n) is 7.78. The van der Waals surface area contributed by atoms with Gasteiger partial charge in [0, 0.05) is 62.8 Å². The number of rotatable bonds is 6. The van der Waals surface area contributed by atoms with Crippen molar-refractivity contribution in [3.8, 4) is 0 Å². The maximum atomic E-state index is 6.05. The van der Waals surface area contributed by atoms with Crippen LogP contribution in [-0.2, 0) is 17.7 Å². The van der Waals surface area contributed by atoms with Crippen molar-refractivity contribution in [3.05, 3.63) is 40.7 Å². The third kappa shape index (κ3) is 4.64. The summed E-state index contributed by atoms with van der Waals surface area (Å²) >= 11 is 7.54. The molecule has 0 saturated carbocycles. The topological polar surface area (TPSA) is 41.5 Å². The van der Waals surface area contributed by atoms with Gasteiger partial charge in [0.15, 0.2) is 0 Å². The number of anilines is 1. The van der Waals surface area contributed by atoms with Crippen LogP contribution in [0.15, 0.2) is 24.3 Å². The fraction of sp³-hybridized carbons (Fsp3) is 0.500. The molecule has 2 heterocycles. The zero-order valence-corrected chi connectivity index (χ0v) is 14.8. The van der Waals surface area contributed by atoms with E-state index in [0.29, 0.717) is 6.61 Å². The van der Waals surface area contributed by atoms with E-state index in [1.807, 2.05) is 18.2 Å². The third-order valence-corrected chi connectivity index (χ3v) is 4.98. The standard InChI is InChI=1S/C16H21ClN4OS/c1-22-10-5-15-18-16(23-19-15)21-8-6-20(7-9-21)12-13-3-2-4-14(17)11-13/h2-4,11H,5-10,12H2,1H3. The Kier molecular flexibility index (Phi) is 5.83. The van der Waals surface area contributed by atoms with E-state index in [1.165, 1.54) is 17.1 Å². The van der Waals surface area contributed by atoms with Gasteiger partial charge in [0.25, 0.3) is 0 Å². The summed E-state index contributed by atoms with van der Waals surface area (Å²) in [5.41, 5.74) is 1.27. The largest absolute Gasteiger partial charge is 0.384 e. The number of benzene rings is 1. The van der Waals surface area contributed by atoms with Gasteiger partial charge in [-0.15, -0.1) is 0 Å². The van der Waals surface area contributed by atoms with Crippen LogP contribution in [0.4, 0.5) is 5.13 Å². The molecule has 0 bridgehead atoms. The van der Waals surface area contributed by atoms with Gasteiger partial charge in [-0.2, -0.15) is 4.37 Å². The van der Waals surface area contributed by atoms with Crippen LogP contribution in [0.3, 0.4) is 0 Å². The van der Waals surface area contributed by atoms with Gasteiger partial charge >= 0.3 is 0 Å². The van der Waals surface area contributed by atoms with Gasteiger partial charge in [-0.3, -0.25) is 4.90 Å². The number of aromatic nitrogens is 2. The smallest absolute Gasteiger partial charge is 0.205 e. The van der Waals surface area contributed by atoms with Crippen molar-refractivity contribution < 1.29 is 4.74 Å². The molecule has 7 heteroatoms. The molecule has 5 nitrogen and oxygen atoms in total. The fourth-order valence-corrected chi connectivity index (χ4v) is 3.64. The highest BCUT2D eigenvalue weighted by molar-refractivity contribution is 7.09. The van der Waals surface area contributed by atoms with E-state index in [-0.39, 0.29) is 0 Å². The minimum atomic E-state index is 0.670. The molecule has 124 valence electrons. The summed E-state index contributed by atoms with van der Waals surface area (Å²) in [5, 5.41) is 1.83. The molecule has 1 aromatic carbocycles. The second-order valence-electron chi connectivity index (χ2n) is 5.63. The van der Waals surface area contributed by atoms with E-state index < -0.39 is 0 Å². The summed E-state index contributed by atoms with van der Waals surface area (Å²) in [6.07, 6.45) is 0.779. The number of hydrogen-bond acceptors (Lipinski definition) is 6. The van der Waals surface area contributed by atoms with Crippen molar-refractivity contribution in [1.82, 2.24) is 14.3 Å². The van der Waals surface area contributed by atoms with E-state index in [1.54, 1.807) is 7.11 Å². The monoisotopic (exact) mass is 352 g/mol. The fourth-order valence-electron chi connectivity index (χ4n) is 2.66. The zero-order chi connectivity index (χ0) is 16.1. The minimum absolute atomic E-state index is 0.670. The van der Waals surface area contributed by atoms with Crippen molar-refractivity contribution >= 4 is 28.3 Å². The van der Waals surface area contributed by atoms with Crippen LogP contribution in [0.2, 0.25) is 5.02 Å². The van der Waals surface area contributed by atoms with E-state index in [0.717, 1.165) is 55.1 Å². The van der Waals surface area contributed by atoms with Gasteiger partial charge in [-0.25, -0.2) is 4.98 Å². The molecule has 0 atom stereocenters. The van der Waals surface area contributed by atoms with Crippen LogP contribution in [0.25, 0.3) is 0 Å². The Morgan fingerprint density at radius 1 is 1.26 bits per heavy atom.